The zero-order valence-electron chi connectivity index (χ0n) is 13.7. The van der Waals surface area contributed by atoms with Crippen LogP contribution in [-0.2, 0) is 13.2 Å². The van der Waals surface area contributed by atoms with E-state index < -0.39 is 5.97 Å². The maximum absolute atomic E-state index is 10.9. The lowest BCUT2D eigenvalue weighted by Crippen LogP contribution is -2.21. The van der Waals surface area contributed by atoms with E-state index >= 15 is 0 Å². The van der Waals surface area contributed by atoms with Crippen molar-refractivity contribution in [3.63, 3.8) is 0 Å². The van der Waals surface area contributed by atoms with Gasteiger partial charge in [0.15, 0.2) is 5.13 Å². The highest BCUT2D eigenvalue weighted by atomic mass is 32.1. The van der Waals surface area contributed by atoms with Gasteiger partial charge in [-0.1, -0.05) is 53.8 Å². The van der Waals surface area contributed by atoms with Gasteiger partial charge in [0.2, 0.25) is 0 Å². The minimum absolute atomic E-state index is 0.159. The molecule has 0 bridgehead atoms. The molecule has 0 saturated heterocycles. The summed E-state index contributed by atoms with van der Waals surface area (Å²) in [6.45, 7) is 2.74. The summed E-state index contributed by atoms with van der Waals surface area (Å²) < 4.78 is 5.75. The van der Waals surface area contributed by atoms with Crippen LogP contribution in [0, 0.1) is 6.92 Å². The number of aryl methyl sites for hydroxylation is 1. The van der Waals surface area contributed by atoms with Gasteiger partial charge in [-0.05, 0) is 30.2 Å². The smallest absolute Gasteiger partial charge is 0.183 e. The summed E-state index contributed by atoms with van der Waals surface area (Å²) in [5.41, 5.74) is 2.64. The Balaban J connectivity index is 1.54. The summed E-state index contributed by atoms with van der Waals surface area (Å²) in [5.74, 6) is -0.389. The van der Waals surface area contributed by atoms with Crippen molar-refractivity contribution < 1.29 is 14.6 Å². The van der Waals surface area contributed by atoms with E-state index in [9.17, 15) is 9.90 Å². The fourth-order valence-corrected chi connectivity index (χ4v) is 3.08. The fourth-order valence-electron chi connectivity index (χ4n) is 2.28. The maximum atomic E-state index is 10.9. The molecule has 0 spiro atoms. The second-order valence-electron chi connectivity index (χ2n) is 5.49. The second-order valence-corrected chi connectivity index (χ2v) is 6.49. The predicted molar refractivity (Wildman–Crippen MR) is 95.7 cm³/mol. The molecule has 0 amide bonds. The molecule has 5 nitrogen and oxygen atoms in total. The molecule has 0 aliphatic carbocycles. The van der Waals surface area contributed by atoms with Crippen molar-refractivity contribution >= 4 is 22.4 Å². The van der Waals surface area contributed by atoms with Crippen LogP contribution in [0.15, 0.2) is 54.6 Å². The van der Waals surface area contributed by atoms with E-state index in [2.05, 4.69) is 10.3 Å². The lowest BCUT2D eigenvalue weighted by molar-refractivity contribution is -0.254. The Morgan fingerprint density at radius 2 is 1.84 bits per heavy atom. The molecule has 1 aromatic heterocycles. The van der Waals surface area contributed by atoms with E-state index in [1.165, 1.54) is 0 Å². The number of rotatable bonds is 7. The Morgan fingerprint density at radius 3 is 2.48 bits per heavy atom. The highest BCUT2D eigenvalue weighted by Gasteiger charge is 2.08. The molecular formula is C19H17N2O3S-. The topological polar surface area (TPSA) is 74.3 Å². The molecule has 0 aliphatic rings. The van der Waals surface area contributed by atoms with Crippen LogP contribution in [0.1, 0.15) is 26.5 Å². The number of ether oxygens (including phenoxy) is 1. The van der Waals surface area contributed by atoms with Crippen LogP contribution in [0.5, 0.6) is 5.75 Å². The number of thiazole rings is 1. The number of hydrogen-bond acceptors (Lipinski definition) is 6. The highest BCUT2D eigenvalue weighted by molar-refractivity contribution is 7.17. The van der Waals surface area contributed by atoms with Crippen molar-refractivity contribution in [2.24, 2.45) is 0 Å². The second kappa shape index (κ2) is 7.81. The number of nitrogens with zero attached hydrogens (tertiary/aromatic N) is 1. The third-order valence-electron chi connectivity index (χ3n) is 3.60. The molecule has 0 unspecified atom stereocenters. The van der Waals surface area contributed by atoms with Crippen LogP contribution in [0.2, 0.25) is 0 Å². The van der Waals surface area contributed by atoms with E-state index in [4.69, 9.17) is 4.74 Å². The Kier molecular flexibility index (Phi) is 5.30. The van der Waals surface area contributed by atoms with E-state index in [0.717, 1.165) is 28.2 Å². The number of anilines is 1. The molecule has 0 atom stereocenters. The van der Waals surface area contributed by atoms with Crippen LogP contribution in [-0.4, -0.2) is 11.0 Å². The predicted octanol–water partition coefficient (Wildman–Crippen LogP) is 3.01. The molecule has 3 rings (SSSR count). The minimum atomic E-state index is -1.19. The van der Waals surface area contributed by atoms with Crippen molar-refractivity contribution in [2.75, 3.05) is 5.32 Å². The number of aromatic nitrogens is 1. The third-order valence-corrected chi connectivity index (χ3v) is 4.69. The Bertz CT molecular complexity index is 845. The normalized spacial score (nSPS) is 10.4. The quantitative estimate of drug-likeness (QED) is 0.707. The van der Waals surface area contributed by atoms with Gasteiger partial charge < -0.3 is 20.0 Å². The number of carboxylic acids is 1. The number of nitrogens with one attached hydrogen (secondary N) is 1. The standard InChI is InChI=1S/C19H18N2O3S/c1-13-17(18(22)23)25-19(21-13)20-11-14-7-9-16(10-8-14)24-12-15-5-3-2-4-6-15/h2-10H,11-12H2,1H3,(H,20,21)(H,22,23)/p-1. The zero-order chi connectivity index (χ0) is 17.6. The first kappa shape index (κ1) is 17.0. The first-order chi connectivity index (χ1) is 12.1. The maximum Gasteiger partial charge on any atom is 0.183 e. The summed E-state index contributed by atoms with van der Waals surface area (Å²) in [7, 11) is 0. The van der Waals surface area contributed by atoms with Crippen LogP contribution < -0.4 is 15.2 Å². The molecule has 2 aromatic carbocycles. The lowest BCUT2D eigenvalue weighted by Gasteiger charge is -2.08. The van der Waals surface area contributed by atoms with Crippen LogP contribution >= 0.6 is 11.3 Å². The van der Waals surface area contributed by atoms with Crippen LogP contribution in [0.4, 0.5) is 5.13 Å². The van der Waals surface area contributed by atoms with Crippen LogP contribution in [0.25, 0.3) is 0 Å². The average molecular weight is 353 g/mol. The molecule has 3 aromatic rings. The summed E-state index contributed by atoms with van der Waals surface area (Å²) in [6, 6.07) is 17.8. The van der Waals surface area contributed by atoms with Crippen LogP contribution in [0.3, 0.4) is 0 Å². The Labute approximate surface area is 149 Å². The molecule has 1 heterocycles. The van der Waals surface area contributed by atoms with E-state index in [-0.39, 0.29) is 4.88 Å². The molecule has 6 heteroatoms. The zero-order valence-corrected chi connectivity index (χ0v) is 14.5. The summed E-state index contributed by atoms with van der Waals surface area (Å²) >= 11 is 1.09. The van der Waals surface area contributed by atoms with Crippen molar-refractivity contribution in [3.05, 3.63) is 76.3 Å². The highest BCUT2D eigenvalue weighted by Crippen LogP contribution is 2.22. The molecule has 0 aliphatic heterocycles. The first-order valence-corrected chi connectivity index (χ1v) is 8.62. The van der Waals surface area contributed by atoms with Gasteiger partial charge in [0.1, 0.15) is 12.4 Å². The van der Waals surface area contributed by atoms with E-state index in [1.807, 2.05) is 54.6 Å². The van der Waals surface area contributed by atoms with Gasteiger partial charge in [-0.3, -0.25) is 0 Å². The number of benzene rings is 2. The van der Waals surface area contributed by atoms with Gasteiger partial charge in [0, 0.05) is 6.54 Å². The van der Waals surface area contributed by atoms with Gasteiger partial charge in [-0.25, -0.2) is 4.98 Å². The Morgan fingerprint density at radius 1 is 1.12 bits per heavy atom. The summed E-state index contributed by atoms with van der Waals surface area (Å²) in [5, 5.41) is 14.6. The van der Waals surface area contributed by atoms with E-state index in [1.54, 1.807) is 6.92 Å². The van der Waals surface area contributed by atoms with Gasteiger partial charge in [-0.15, -0.1) is 0 Å². The van der Waals surface area contributed by atoms with Gasteiger partial charge in [-0.2, -0.15) is 0 Å². The lowest BCUT2D eigenvalue weighted by atomic mass is 10.2. The van der Waals surface area contributed by atoms with E-state index in [0.29, 0.717) is 24.0 Å². The molecule has 128 valence electrons. The fraction of sp³-hybridized carbons (Fsp3) is 0.158. The molecule has 0 fully saturated rings. The number of carbonyl (C=O) groups is 1. The molecule has 25 heavy (non-hydrogen) atoms. The third kappa shape index (κ3) is 4.58. The molecule has 0 saturated carbocycles. The average Bonchev–Trinajstić information content (AvgIpc) is 3.01. The van der Waals surface area contributed by atoms with Gasteiger partial charge >= 0.3 is 0 Å². The Hall–Kier alpha value is -2.86. The largest absolute Gasteiger partial charge is 0.544 e. The van der Waals surface area contributed by atoms with Crippen molar-refractivity contribution in [3.8, 4) is 5.75 Å². The summed E-state index contributed by atoms with van der Waals surface area (Å²) in [6.07, 6.45) is 0. The number of carbonyl (C=O) groups excluding carboxylic acids is 1. The monoisotopic (exact) mass is 353 g/mol. The number of aromatic carboxylic acids is 1. The molecular weight excluding hydrogens is 336 g/mol. The molecule has 0 radical (unpaired) electrons. The minimum Gasteiger partial charge on any atom is -0.544 e. The first-order valence-electron chi connectivity index (χ1n) is 7.80. The summed E-state index contributed by atoms with van der Waals surface area (Å²) in [4.78, 5) is 15.3. The number of carboxylic acid groups (broad SMARTS) is 1. The number of hydrogen-bond donors (Lipinski definition) is 1. The van der Waals surface area contributed by atoms with Crippen molar-refractivity contribution in [1.82, 2.24) is 4.98 Å². The SMILES string of the molecule is Cc1nc(NCc2ccc(OCc3ccccc3)cc2)sc1C(=O)[O-]. The van der Waals surface area contributed by atoms with Crippen molar-refractivity contribution in [1.29, 1.82) is 0 Å². The molecule has 1 N–H and O–H groups in total. The van der Waals surface area contributed by atoms with Gasteiger partial charge in [0.25, 0.3) is 0 Å². The van der Waals surface area contributed by atoms with Crippen molar-refractivity contribution in [2.45, 2.75) is 20.1 Å². The van der Waals surface area contributed by atoms with Gasteiger partial charge in [0.05, 0.1) is 16.5 Å².